The molecule has 0 spiro atoms. The van der Waals surface area contributed by atoms with E-state index in [1.54, 1.807) is 0 Å². The first-order valence-corrected chi connectivity index (χ1v) is 7.25. The van der Waals surface area contributed by atoms with E-state index in [4.69, 9.17) is 9.84 Å². The molecule has 110 valence electrons. The van der Waals surface area contributed by atoms with Crippen LogP contribution in [0.4, 0.5) is 0 Å². The molecule has 5 nitrogen and oxygen atoms in total. The van der Waals surface area contributed by atoms with Crippen molar-refractivity contribution in [2.45, 2.75) is 45.4 Å². The summed E-state index contributed by atoms with van der Waals surface area (Å²) in [6.07, 6.45) is 5.25. The fourth-order valence-corrected chi connectivity index (χ4v) is 2.47. The highest BCUT2D eigenvalue weighted by Gasteiger charge is 2.35. The number of amides is 1. The molecule has 0 bridgehead atoms. The van der Waals surface area contributed by atoms with Gasteiger partial charge in [0.05, 0.1) is 18.4 Å². The molecule has 1 fully saturated rings. The second-order valence-corrected chi connectivity index (χ2v) is 5.09. The van der Waals surface area contributed by atoms with E-state index in [-0.39, 0.29) is 11.8 Å². The van der Waals surface area contributed by atoms with Crippen molar-refractivity contribution in [3.8, 4) is 0 Å². The molecule has 0 unspecified atom stereocenters. The Balaban J connectivity index is 2.25. The number of unbranched alkanes of at least 4 members (excludes halogenated alkanes) is 1. The molecule has 0 aromatic rings. The molecule has 0 saturated heterocycles. The molecule has 5 heteroatoms. The predicted molar refractivity (Wildman–Crippen MR) is 71.8 cm³/mol. The number of hydrogen-bond acceptors (Lipinski definition) is 3. The van der Waals surface area contributed by atoms with Crippen LogP contribution in [-0.2, 0) is 14.3 Å². The average molecular weight is 271 g/mol. The minimum Gasteiger partial charge on any atom is -0.481 e. The van der Waals surface area contributed by atoms with E-state index in [1.807, 2.05) is 0 Å². The van der Waals surface area contributed by atoms with Crippen LogP contribution < -0.4 is 5.32 Å². The van der Waals surface area contributed by atoms with Crippen molar-refractivity contribution in [3.63, 3.8) is 0 Å². The molecule has 0 aromatic carbocycles. The Kier molecular flexibility index (Phi) is 7.48. The van der Waals surface area contributed by atoms with E-state index in [0.717, 1.165) is 25.7 Å². The fraction of sp³-hybridized carbons (Fsp3) is 0.857. The van der Waals surface area contributed by atoms with Gasteiger partial charge < -0.3 is 15.2 Å². The Labute approximate surface area is 114 Å². The second kappa shape index (κ2) is 8.91. The molecular weight excluding hydrogens is 246 g/mol. The van der Waals surface area contributed by atoms with Crippen LogP contribution in [0.2, 0.25) is 0 Å². The number of hydrogen-bond donors (Lipinski definition) is 2. The van der Waals surface area contributed by atoms with E-state index in [2.05, 4.69) is 12.2 Å². The Hall–Kier alpha value is -1.10. The highest BCUT2D eigenvalue weighted by atomic mass is 16.5. The van der Waals surface area contributed by atoms with Gasteiger partial charge in [0.2, 0.25) is 5.91 Å². The summed E-state index contributed by atoms with van der Waals surface area (Å²) in [7, 11) is 0. The van der Waals surface area contributed by atoms with Gasteiger partial charge in [0.25, 0.3) is 0 Å². The quantitative estimate of drug-likeness (QED) is 0.660. The van der Waals surface area contributed by atoms with E-state index in [1.165, 1.54) is 0 Å². The molecule has 0 aromatic heterocycles. The van der Waals surface area contributed by atoms with Gasteiger partial charge in [-0.15, -0.1) is 0 Å². The molecule has 1 saturated carbocycles. The molecule has 1 aliphatic rings. The van der Waals surface area contributed by atoms with Gasteiger partial charge in [-0.3, -0.25) is 9.59 Å². The van der Waals surface area contributed by atoms with Crippen molar-refractivity contribution >= 4 is 11.9 Å². The van der Waals surface area contributed by atoms with Gasteiger partial charge in [-0.05, 0) is 19.3 Å². The Morgan fingerprint density at radius 2 is 1.89 bits per heavy atom. The lowest BCUT2D eigenvalue weighted by Gasteiger charge is -2.27. The third-order valence-corrected chi connectivity index (χ3v) is 3.61. The second-order valence-electron chi connectivity index (χ2n) is 5.09. The zero-order chi connectivity index (χ0) is 14.1. The summed E-state index contributed by atoms with van der Waals surface area (Å²) in [5, 5.41) is 11.9. The minimum absolute atomic E-state index is 0.133. The van der Waals surface area contributed by atoms with E-state index < -0.39 is 11.9 Å². The van der Waals surface area contributed by atoms with Crippen LogP contribution in [0.1, 0.15) is 45.4 Å². The van der Waals surface area contributed by atoms with Gasteiger partial charge in [-0.1, -0.05) is 26.2 Å². The Bertz CT molecular complexity index is 293. The van der Waals surface area contributed by atoms with Crippen LogP contribution >= 0.6 is 0 Å². The van der Waals surface area contributed by atoms with Crippen LogP contribution in [0.15, 0.2) is 0 Å². The van der Waals surface area contributed by atoms with E-state index >= 15 is 0 Å². The molecular formula is C14H25NO4. The Morgan fingerprint density at radius 3 is 2.53 bits per heavy atom. The topological polar surface area (TPSA) is 75.6 Å². The molecule has 2 atom stereocenters. The predicted octanol–water partition coefficient (Wildman–Crippen LogP) is 1.81. The van der Waals surface area contributed by atoms with Crippen molar-refractivity contribution in [2.24, 2.45) is 11.8 Å². The van der Waals surface area contributed by atoms with Crippen molar-refractivity contribution in [3.05, 3.63) is 0 Å². The lowest BCUT2D eigenvalue weighted by Crippen LogP contribution is -2.40. The summed E-state index contributed by atoms with van der Waals surface area (Å²) in [5.74, 6) is -1.87. The number of nitrogens with one attached hydrogen (secondary N) is 1. The molecule has 1 rings (SSSR count). The fourth-order valence-electron chi connectivity index (χ4n) is 2.47. The first-order chi connectivity index (χ1) is 9.16. The smallest absolute Gasteiger partial charge is 0.307 e. The number of ether oxygens (including phenoxy) is 1. The lowest BCUT2D eigenvalue weighted by molar-refractivity contribution is -0.148. The summed E-state index contributed by atoms with van der Waals surface area (Å²) in [4.78, 5) is 23.1. The third-order valence-electron chi connectivity index (χ3n) is 3.61. The summed E-state index contributed by atoms with van der Waals surface area (Å²) >= 11 is 0. The van der Waals surface area contributed by atoms with E-state index in [0.29, 0.717) is 32.6 Å². The maximum absolute atomic E-state index is 12.0. The summed E-state index contributed by atoms with van der Waals surface area (Å²) in [6, 6.07) is 0. The largest absolute Gasteiger partial charge is 0.481 e. The number of carboxylic acid groups (broad SMARTS) is 1. The van der Waals surface area contributed by atoms with Gasteiger partial charge in [-0.25, -0.2) is 0 Å². The third kappa shape index (κ3) is 5.59. The maximum Gasteiger partial charge on any atom is 0.307 e. The first-order valence-electron chi connectivity index (χ1n) is 7.25. The normalized spacial score (nSPS) is 23.0. The zero-order valence-corrected chi connectivity index (χ0v) is 11.7. The van der Waals surface area contributed by atoms with Gasteiger partial charge in [0.15, 0.2) is 0 Å². The average Bonchev–Trinajstić information content (AvgIpc) is 2.42. The van der Waals surface area contributed by atoms with Gasteiger partial charge >= 0.3 is 5.97 Å². The van der Waals surface area contributed by atoms with E-state index in [9.17, 15) is 9.59 Å². The molecule has 0 aliphatic heterocycles. The Morgan fingerprint density at radius 1 is 1.21 bits per heavy atom. The van der Waals surface area contributed by atoms with Gasteiger partial charge in [-0.2, -0.15) is 0 Å². The van der Waals surface area contributed by atoms with Crippen molar-refractivity contribution in [1.29, 1.82) is 0 Å². The molecule has 0 heterocycles. The number of carbonyl (C=O) groups is 2. The van der Waals surface area contributed by atoms with Crippen molar-refractivity contribution in [2.75, 3.05) is 19.8 Å². The highest BCUT2D eigenvalue weighted by molar-refractivity contribution is 5.84. The highest BCUT2D eigenvalue weighted by Crippen LogP contribution is 2.30. The van der Waals surface area contributed by atoms with Crippen LogP contribution in [0, 0.1) is 11.8 Å². The molecule has 2 N–H and O–H groups in total. The standard InChI is InChI=1S/C14H25NO4/c1-2-3-9-19-10-8-15-13(16)11-6-4-5-7-12(11)14(17)18/h11-12H,2-10H2,1H3,(H,15,16)(H,17,18)/t11-,12+/m1/s1. The molecule has 1 aliphatic carbocycles. The van der Waals surface area contributed by atoms with Crippen LogP contribution in [-0.4, -0.2) is 36.7 Å². The minimum atomic E-state index is -0.848. The van der Waals surface area contributed by atoms with Crippen molar-refractivity contribution < 1.29 is 19.4 Å². The lowest BCUT2D eigenvalue weighted by atomic mass is 9.79. The molecule has 19 heavy (non-hydrogen) atoms. The van der Waals surface area contributed by atoms with Crippen molar-refractivity contribution in [1.82, 2.24) is 5.32 Å². The maximum atomic E-state index is 12.0. The summed E-state index contributed by atoms with van der Waals surface area (Å²) < 4.78 is 5.36. The summed E-state index contributed by atoms with van der Waals surface area (Å²) in [5.41, 5.74) is 0. The monoisotopic (exact) mass is 271 g/mol. The van der Waals surface area contributed by atoms with Gasteiger partial charge in [0, 0.05) is 13.2 Å². The number of carbonyl (C=O) groups excluding carboxylic acids is 1. The number of carboxylic acids is 1. The van der Waals surface area contributed by atoms with Gasteiger partial charge in [0.1, 0.15) is 0 Å². The van der Waals surface area contributed by atoms with Crippen LogP contribution in [0.3, 0.4) is 0 Å². The van der Waals surface area contributed by atoms with Crippen LogP contribution in [0.25, 0.3) is 0 Å². The zero-order valence-electron chi connectivity index (χ0n) is 11.7. The molecule has 0 radical (unpaired) electrons. The summed E-state index contributed by atoms with van der Waals surface area (Å²) in [6.45, 7) is 3.77. The first kappa shape index (κ1) is 16.0. The van der Waals surface area contributed by atoms with Crippen LogP contribution in [0.5, 0.6) is 0 Å². The SMILES string of the molecule is CCCCOCCNC(=O)[C@@H]1CCCC[C@@H]1C(=O)O. The number of rotatable bonds is 8. The number of aliphatic carboxylic acids is 1. The molecule has 1 amide bonds.